The number of hydrogen-bond acceptors (Lipinski definition) is 3. The standard InChI is InChI=1S/C10H12ClNO3S/c1-7-3-4-8(10(13)6-11)5-9(7)12-16(2,14)15/h3-5,12H,6H2,1-2H3. The summed E-state index contributed by atoms with van der Waals surface area (Å²) in [6.45, 7) is 1.75. The minimum absolute atomic E-state index is 0.124. The summed E-state index contributed by atoms with van der Waals surface area (Å²) in [5.74, 6) is -0.361. The van der Waals surface area contributed by atoms with E-state index in [-0.39, 0.29) is 11.7 Å². The van der Waals surface area contributed by atoms with E-state index in [0.29, 0.717) is 11.3 Å². The Kier molecular flexibility index (Phi) is 3.93. The summed E-state index contributed by atoms with van der Waals surface area (Å²) in [5.41, 5.74) is 1.54. The van der Waals surface area contributed by atoms with Crippen LogP contribution in [-0.2, 0) is 10.0 Å². The van der Waals surface area contributed by atoms with E-state index in [0.717, 1.165) is 11.8 Å². The lowest BCUT2D eigenvalue weighted by Crippen LogP contribution is -2.11. The number of nitrogens with one attached hydrogen (secondary N) is 1. The predicted octanol–water partition coefficient (Wildman–Crippen LogP) is 1.79. The Morgan fingerprint density at radius 1 is 1.44 bits per heavy atom. The maximum atomic E-state index is 11.3. The van der Waals surface area contributed by atoms with Crippen molar-refractivity contribution in [2.24, 2.45) is 0 Å². The third-order valence-electron chi connectivity index (χ3n) is 1.98. The van der Waals surface area contributed by atoms with Gasteiger partial charge in [-0.25, -0.2) is 8.42 Å². The SMILES string of the molecule is Cc1ccc(C(=O)CCl)cc1NS(C)(=O)=O. The molecule has 1 aromatic rings. The van der Waals surface area contributed by atoms with Gasteiger partial charge in [-0.3, -0.25) is 9.52 Å². The smallest absolute Gasteiger partial charge is 0.229 e. The average molecular weight is 262 g/mol. The molecule has 0 fully saturated rings. The summed E-state index contributed by atoms with van der Waals surface area (Å²) < 4.78 is 24.5. The maximum absolute atomic E-state index is 11.3. The second-order valence-corrected chi connectivity index (χ2v) is 5.48. The van der Waals surface area contributed by atoms with Crippen LogP contribution in [0.3, 0.4) is 0 Å². The number of sulfonamides is 1. The molecule has 0 atom stereocenters. The molecule has 1 N–H and O–H groups in total. The molecule has 88 valence electrons. The number of ketones is 1. The number of halogens is 1. The predicted molar refractivity (Wildman–Crippen MR) is 64.7 cm³/mol. The number of benzene rings is 1. The Bertz CT molecular complexity index is 511. The number of hydrogen-bond donors (Lipinski definition) is 1. The van der Waals surface area contributed by atoms with E-state index in [2.05, 4.69) is 4.72 Å². The number of carbonyl (C=O) groups excluding carboxylic acids is 1. The van der Waals surface area contributed by atoms with Crippen molar-refractivity contribution >= 4 is 33.1 Å². The highest BCUT2D eigenvalue weighted by molar-refractivity contribution is 7.92. The van der Waals surface area contributed by atoms with Gasteiger partial charge in [-0.15, -0.1) is 11.6 Å². The van der Waals surface area contributed by atoms with Gasteiger partial charge in [-0.05, 0) is 18.6 Å². The molecule has 0 aromatic heterocycles. The van der Waals surface area contributed by atoms with Gasteiger partial charge in [0.05, 0.1) is 17.8 Å². The summed E-state index contributed by atoms with van der Waals surface area (Å²) in [7, 11) is -3.34. The van der Waals surface area contributed by atoms with Crippen molar-refractivity contribution in [3.63, 3.8) is 0 Å². The van der Waals surface area contributed by atoms with E-state index in [1.807, 2.05) is 0 Å². The minimum Gasteiger partial charge on any atom is -0.293 e. The van der Waals surface area contributed by atoms with Crippen molar-refractivity contribution in [3.05, 3.63) is 29.3 Å². The van der Waals surface area contributed by atoms with Crippen molar-refractivity contribution < 1.29 is 13.2 Å². The van der Waals surface area contributed by atoms with Crippen LogP contribution in [0.5, 0.6) is 0 Å². The van der Waals surface area contributed by atoms with E-state index in [1.165, 1.54) is 6.07 Å². The average Bonchev–Trinajstić information content (AvgIpc) is 2.18. The summed E-state index contributed by atoms with van der Waals surface area (Å²) >= 11 is 5.42. The van der Waals surface area contributed by atoms with Crippen LogP contribution in [0.15, 0.2) is 18.2 Å². The monoisotopic (exact) mass is 261 g/mol. The highest BCUT2D eigenvalue weighted by Gasteiger charge is 2.09. The lowest BCUT2D eigenvalue weighted by Gasteiger charge is -2.08. The van der Waals surface area contributed by atoms with E-state index in [1.54, 1.807) is 19.1 Å². The first-order chi connectivity index (χ1) is 7.33. The number of anilines is 1. The van der Waals surface area contributed by atoms with Gasteiger partial charge in [0.25, 0.3) is 0 Å². The van der Waals surface area contributed by atoms with Crippen LogP contribution < -0.4 is 4.72 Å². The fourth-order valence-electron chi connectivity index (χ4n) is 1.18. The Balaban J connectivity index is 3.14. The summed E-state index contributed by atoms with van der Waals surface area (Å²) in [5, 5.41) is 0. The molecule has 0 saturated heterocycles. The van der Waals surface area contributed by atoms with Gasteiger partial charge in [0.2, 0.25) is 10.0 Å². The zero-order valence-electron chi connectivity index (χ0n) is 8.95. The van der Waals surface area contributed by atoms with E-state index in [9.17, 15) is 13.2 Å². The molecule has 0 radical (unpaired) electrons. The Morgan fingerprint density at radius 3 is 2.56 bits per heavy atom. The molecule has 6 heteroatoms. The molecule has 0 bridgehead atoms. The zero-order chi connectivity index (χ0) is 12.3. The molecule has 1 aromatic carbocycles. The first kappa shape index (κ1) is 13.0. The highest BCUT2D eigenvalue weighted by Crippen LogP contribution is 2.18. The van der Waals surface area contributed by atoms with Crippen LogP contribution >= 0.6 is 11.6 Å². The molecule has 0 spiro atoms. The van der Waals surface area contributed by atoms with Crippen LogP contribution in [0, 0.1) is 6.92 Å². The van der Waals surface area contributed by atoms with E-state index in [4.69, 9.17) is 11.6 Å². The number of aryl methyl sites for hydroxylation is 1. The lowest BCUT2D eigenvalue weighted by molar-refractivity contribution is 0.102. The molecule has 0 amide bonds. The lowest BCUT2D eigenvalue weighted by atomic mass is 10.1. The number of carbonyl (C=O) groups is 1. The van der Waals surface area contributed by atoms with Gasteiger partial charge in [0.15, 0.2) is 5.78 Å². The maximum Gasteiger partial charge on any atom is 0.229 e. The Labute approximate surface area is 99.7 Å². The molecule has 0 unspecified atom stereocenters. The van der Waals surface area contributed by atoms with Gasteiger partial charge < -0.3 is 0 Å². The minimum atomic E-state index is -3.34. The van der Waals surface area contributed by atoms with Crippen LogP contribution in [0.4, 0.5) is 5.69 Å². The molecule has 0 saturated carbocycles. The molecule has 4 nitrogen and oxygen atoms in total. The molecule has 0 aliphatic heterocycles. The van der Waals surface area contributed by atoms with Crippen molar-refractivity contribution in [3.8, 4) is 0 Å². The van der Waals surface area contributed by atoms with Crippen LogP contribution in [-0.4, -0.2) is 26.3 Å². The third kappa shape index (κ3) is 3.50. The van der Waals surface area contributed by atoms with Crippen LogP contribution in [0.25, 0.3) is 0 Å². The molecule has 1 rings (SSSR count). The number of rotatable bonds is 4. The fraction of sp³-hybridized carbons (Fsp3) is 0.300. The largest absolute Gasteiger partial charge is 0.293 e. The second kappa shape index (κ2) is 4.84. The second-order valence-electron chi connectivity index (χ2n) is 3.46. The van der Waals surface area contributed by atoms with Crippen LogP contribution in [0.2, 0.25) is 0 Å². The highest BCUT2D eigenvalue weighted by atomic mass is 35.5. The van der Waals surface area contributed by atoms with Gasteiger partial charge in [0, 0.05) is 5.56 Å². The summed E-state index contributed by atoms with van der Waals surface area (Å²) in [6, 6.07) is 4.78. The Hall–Kier alpha value is -1.07. The van der Waals surface area contributed by atoms with E-state index < -0.39 is 10.0 Å². The molecule has 16 heavy (non-hydrogen) atoms. The number of alkyl halides is 1. The van der Waals surface area contributed by atoms with Gasteiger partial charge >= 0.3 is 0 Å². The fourth-order valence-corrected chi connectivity index (χ4v) is 1.96. The van der Waals surface area contributed by atoms with Crippen molar-refractivity contribution in [2.75, 3.05) is 16.9 Å². The van der Waals surface area contributed by atoms with Crippen LogP contribution in [0.1, 0.15) is 15.9 Å². The van der Waals surface area contributed by atoms with Gasteiger partial charge in [-0.2, -0.15) is 0 Å². The topological polar surface area (TPSA) is 63.2 Å². The van der Waals surface area contributed by atoms with E-state index >= 15 is 0 Å². The Morgan fingerprint density at radius 2 is 2.06 bits per heavy atom. The first-order valence-electron chi connectivity index (χ1n) is 4.51. The molecular weight excluding hydrogens is 250 g/mol. The normalized spacial score (nSPS) is 11.2. The first-order valence-corrected chi connectivity index (χ1v) is 6.93. The van der Waals surface area contributed by atoms with Crippen molar-refractivity contribution in [1.29, 1.82) is 0 Å². The molecule has 0 aliphatic rings. The molecule has 0 heterocycles. The summed E-state index contributed by atoms with van der Waals surface area (Å²) in [4.78, 5) is 11.3. The van der Waals surface area contributed by atoms with Gasteiger partial charge in [-0.1, -0.05) is 12.1 Å². The van der Waals surface area contributed by atoms with Gasteiger partial charge in [0.1, 0.15) is 0 Å². The van der Waals surface area contributed by atoms with Crippen molar-refractivity contribution in [2.45, 2.75) is 6.92 Å². The molecular formula is C10H12ClNO3S. The van der Waals surface area contributed by atoms with Crippen molar-refractivity contribution in [1.82, 2.24) is 0 Å². The quantitative estimate of drug-likeness (QED) is 0.664. The molecule has 0 aliphatic carbocycles. The summed E-state index contributed by atoms with van der Waals surface area (Å²) in [6.07, 6.45) is 1.06. The number of Topliss-reactive ketones (excluding diaryl/α,β-unsaturated/α-hetero) is 1. The third-order valence-corrected chi connectivity index (χ3v) is 2.81. The zero-order valence-corrected chi connectivity index (χ0v) is 10.5.